The van der Waals surface area contributed by atoms with Crippen LogP contribution < -0.4 is 37.2 Å². The summed E-state index contributed by atoms with van der Waals surface area (Å²) in [5, 5.41) is 1.50. The Hall–Kier alpha value is 1.71. The van der Waals surface area contributed by atoms with Crippen molar-refractivity contribution in [2.45, 2.75) is 173 Å². The van der Waals surface area contributed by atoms with Gasteiger partial charge in [-0.3, -0.25) is 0 Å². The third kappa shape index (κ3) is 20.1. The zero-order chi connectivity index (χ0) is 32.7. The summed E-state index contributed by atoms with van der Waals surface area (Å²) < 4.78 is 0. The molecule has 0 fully saturated rings. The molecule has 3 aliphatic rings. The van der Waals surface area contributed by atoms with Crippen LogP contribution in [0.4, 0.5) is 0 Å². The van der Waals surface area contributed by atoms with Crippen molar-refractivity contribution >= 4 is 28.6 Å². The predicted molar refractivity (Wildman–Crippen MR) is 204 cm³/mol. The van der Waals surface area contributed by atoms with Crippen molar-refractivity contribution in [1.82, 2.24) is 0 Å². The Bertz CT molecular complexity index is 1180. The van der Waals surface area contributed by atoms with Crippen molar-refractivity contribution < 1.29 is 102 Å². The van der Waals surface area contributed by atoms with Gasteiger partial charge in [-0.1, -0.05) is 157 Å². The quantitative estimate of drug-likeness (QED) is 0.263. The minimum absolute atomic E-state index is 0. The molecule has 0 saturated heterocycles. The Balaban J connectivity index is -0.000000640. The summed E-state index contributed by atoms with van der Waals surface area (Å²) in [7, 11) is 3.17. The summed E-state index contributed by atoms with van der Waals surface area (Å²) in [5.41, 5.74) is 15.0. The van der Waals surface area contributed by atoms with Gasteiger partial charge in [0.25, 0.3) is 0 Å². The maximum absolute atomic E-state index is 2.38. The molecule has 0 saturated carbocycles. The third-order valence-corrected chi connectivity index (χ3v) is 14.4. The van der Waals surface area contributed by atoms with Crippen LogP contribution >= 0.6 is 0 Å². The molecule has 0 atom stereocenters. The average molecular weight is 902 g/mol. The summed E-state index contributed by atoms with van der Waals surface area (Å²) in [6.45, 7) is 21.1. The van der Waals surface area contributed by atoms with E-state index in [1.807, 2.05) is 0 Å². The molecule has 3 aromatic rings. The van der Waals surface area contributed by atoms with E-state index in [1.165, 1.54) is 95.2 Å². The Kier molecular flexibility index (Phi) is 29.7. The smallest absolute Gasteiger partial charge is 1.00 e. The van der Waals surface area contributed by atoms with Crippen LogP contribution in [0.15, 0.2) is 36.4 Å². The number of hydrogen-bond acceptors (Lipinski definition) is 0. The van der Waals surface area contributed by atoms with E-state index < -0.39 is 0 Å². The molecule has 6 rings (SSSR count). The number of rotatable bonds is 6. The molecule has 6 radical (unpaired) electrons. The first kappa shape index (κ1) is 57.0. The summed E-state index contributed by atoms with van der Waals surface area (Å²) in [6, 6.07) is 18.2. The molecule has 9 heteroatoms. The topological polar surface area (TPSA) is 0 Å². The van der Waals surface area contributed by atoms with Gasteiger partial charge in [-0.05, 0) is 15.1 Å². The van der Waals surface area contributed by atoms with E-state index in [0.717, 1.165) is 28.6 Å². The fourth-order valence-electron chi connectivity index (χ4n) is 6.92. The van der Waals surface area contributed by atoms with Gasteiger partial charge in [-0.15, -0.1) is 0 Å². The molecule has 0 N–H and O–H groups in total. The maximum atomic E-state index is 2.38. The normalized spacial score (nSPS) is 14.5. The molecule has 0 bridgehead atoms. The molecule has 0 nitrogen and oxygen atoms in total. The molecule has 3 aromatic carbocycles. The largest absolute Gasteiger partial charge is 2.00 e. The van der Waals surface area contributed by atoms with Gasteiger partial charge in [0.05, 0.1) is 0 Å². The minimum Gasteiger partial charge on any atom is -1.00 e. The maximum Gasteiger partial charge on any atom is 2.00 e. The fourth-order valence-corrected chi connectivity index (χ4v) is 10.1. The van der Waals surface area contributed by atoms with Crippen LogP contribution in [-0.4, -0.2) is 28.6 Å². The zero-order valence-electron chi connectivity index (χ0n) is 33.2. The number of aryl methyl sites for hydroxylation is 3. The van der Waals surface area contributed by atoms with Crippen LogP contribution in [0.3, 0.4) is 0 Å². The summed E-state index contributed by atoms with van der Waals surface area (Å²) in [6.07, 6.45) is 16.4. The van der Waals surface area contributed by atoms with Crippen molar-refractivity contribution in [3.8, 4) is 0 Å². The van der Waals surface area contributed by atoms with Gasteiger partial charge < -0.3 is 37.2 Å². The third-order valence-electron chi connectivity index (χ3n) is 9.58. The van der Waals surface area contributed by atoms with Crippen LogP contribution in [-0.2, 0) is 122 Å². The van der Waals surface area contributed by atoms with Crippen molar-refractivity contribution in [1.29, 1.82) is 0 Å². The Morgan fingerprint density at radius 1 is 0.412 bits per heavy atom. The van der Waals surface area contributed by atoms with Crippen molar-refractivity contribution in [2.75, 3.05) is 0 Å². The second kappa shape index (κ2) is 26.6. The average Bonchev–Trinajstić information content (AvgIpc) is 3.70. The predicted octanol–water partition coefficient (Wildman–Crippen LogP) is 2.13. The van der Waals surface area contributed by atoms with E-state index in [-0.39, 0.29) is 102 Å². The van der Waals surface area contributed by atoms with Crippen molar-refractivity contribution in [3.05, 3.63) is 86.5 Å². The molecule has 0 spiro atoms. The van der Waals surface area contributed by atoms with E-state index >= 15 is 0 Å². The van der Waals surface area contributed by atoms with Gasteiger partial charge in [0, 0.05) is 28.6 Å². The summed E-state index contributed by atoms with van der Waals surface area (Å²) in [5.74, 6) is 0. The molecule has 0 amide bonds. The Labute approximate surface area is 386 Å². The molecule has 0 heterocycles. The number of fused-ring (bicyclic) bond motifs is 3. The van der Waals surface area contributed by atoms with E-state index in [9.17, 15) is 0 Å². The fraction of sp³-hybridized carbons (Fsp3) is 0.643. The monoisotopic (exact) mass is 900 g/mol. The van der Waals surface area contributed by atoms with Crippen LogP contribution in [0.1, 0.15) is 151 Å². The molecule has 51 heavy (non-hydrogen) atoms. The second-order valence-electron chi connectivity index (χ2n) is 17.0. The van der Waals surface area contributed by atoms with E-state index in [1.54, 1.807) is 50.1 Å². The summed E-state index contributed by atoms with van der Waals surface area (Å²) in [4.78, 5) is 0. The second-order valence-corrected chi connectivity index (χ2v) is 23.6. The number of hydrogen-bond donors (Lipinski definition) is 0. The van der Waals surface area contributed by atoms with Crippen LogP contribution in [0.5, 0.6) is 0 Å². The first-order valence-corrected chi connectivity index (χ1v) is 21.8. The molecular formula is C42H63Cl3Si3Ti3. The van der Waals surface area contributed by atoms with Crippen molar-refractivity contribution in [2.24, 2.45) is 0 Å². The van der Waals surface area contributed by atoms with Gasteiger partial charge in [0.2, 0.25) is 0 Å². The molecule has 0 aromatic heterocycles. The first-order valence-electron chi connectivity index (χ1n) is 18.2. The molecule has 3 aliphatic carbocycles. The van der Waals surface area contributed by atoms with Gasteiger partial charge in [0.15, 0.2) is 0 Å². The standard InChI is InChI=1S/3C14H21Si.3ClH.3Ti/c3*1-14(2,3)15-10-12-9-8-11-6-4-5-7-13(11)12;;;;;;/h3*8-9H,4-7,10H2,1-3H3;3*1H;;;/q3*-1;;;;3*+2/p-3. The van der Waals surface area contributed by atoms with Crippen LogP contribution in [0.25, 0.3) is 0 Å². The molecule has 276 valence electrons. The molecule has 0 unspecified atom stereocenters. The van der Waals surface area contributed by atoms with Crippen molar-refractivity contribution in [3.63, 3.8) is 0 Å². The Morgan fingerprint density at radius 2 is 0.627 bits per heavy atom. The SMILES string of the molecule is CC(C)(C)[Si]C[c-]1ccc2c1CCCC2.CC(C)(C)[Si]C[c-]1ccc2c1CCCC2.CC(C)(C)[Si]C[c-]1ccc2c1CCCC2.[Cl-].[Cl-].[Cl-].[Ti+2].[Ti+2].[Ti+2]. The number of halogens is 3. The molecular weight excluding hydrogens is 839 g/mol. The van der Waals surface area contributed by atoms with Crippen LogP contribution in [0, 0.1) is 0 Å². The zero-order valence-corrected chi connectivity index (χ0v) is 43.2. The van der Waals surface area contributed by atoms with Gasteiger partial charge in [0.1, 0.15) is 0 Å². The minimum atomic E-state index is 0. The van der Waals surface area contributed by atoms with Gasteiger partial charge in [-0.2, -0.15) is 68.3 Å². The van der Waals surface area contributed by atoms with Gasteiger partial charge in [-0.25, -0.2) is 18.2 Å². The van der Waals surface area contributed by atoms with Gasteiger partial charge >= 0.3 is 65.2 Å². The summed E-state index contributed by atoms with van der Waals surface area (Å²) >= 11 is 0. The molecule has 0 aliphatic heterocycles. The van der Waals surface area contributed by atoms with E-state index in [2.05, 4.69) is 98.7 Å². The van der Waals surface area contributed by atoms with Crippen LogP contribution in [0.2, 0.25) is 15.1 Å². The van der Waals surface area contributed by atoms with E-state index in [0.29, 0.717) is 15.1 Å². The van der Waals surface area contributed by atoms with E-state index in [4.69, 9.17) is 0 Å². The first-order chi connectivity index (χ1) is 21.2. The Morgan fingerprint density at radius 3 is 0.843 bits per heavy atom.